The molecule has 0 aliphatic rings. The summed E-state index contributed by atoms with van der Waals surface area (Å²) in [4.78, 5) is 28.8. The Morgan fingerprint density at radius 1 is 1.26 bits per heavy atom. The Labute approximate surface area is 136 Å². The van der Waals surface area contributed by atoms with Crippen molar-refractivity contribution in [3.63, 3.8) is 0 Å². The third kappa shape index (κ3) is 3.78. The molecule has 5 heteroatoms. The number of aryl methyl sites for hydroxylation is 4. The summed E-state index contributed by atoms with van der Waals surface area (Å²) in [6, 6.07) is 4.12. The molecule has 1 N–H and O–H groups in total. The molecule has 0 bridgehead atoms. The van der Waals surface area contributed by atoms with Gasteiger partial charge >= 0.3 is 0 Å². The smallest absolute Gasteiger partial charge is 0.272 e. The highest BCUT2D eigenvalue weighted by Gasteiger charge is 2.12. The summed E-state index contributed by atoms with van der Waals surface area (Å²) >= 11 is 0. The van der Waals surface area contributed by atoms with Gasteiger partial charge in [-0.15, -0.1) is 0 Å². The van der Waals surface area contributed by atoms with Gasteiger partial charge in [-0.3, -0.25) is 9.59 Å². The fraction of sp³-hybridized carbons (Fsp3) is 0.500. The van der Waals surface area contributed by atoms with Crippen LogP contribution in [-0.4, -0.2) is 21.5 Å². The van der Waals surface area contributed by atoms with Crippen molar-refractivity contribution in [3.05, 3.63) is 39.3 Å². The minimum atomic E-state index is -0.128. The average molecular weight is 315 g/mol. The zero-order valence-corrected chi connectivity index (χ0v) is 14.6. The quantitative estimate of drug-likeness (QED) is 0.922. The number of benzene rings is 1. The molecular formula is C18H25N3O2. The Hall–Kier alpha value is -2.17. The lowest BCUT2D eigenvalue weighted by atomic mass is 10.1. The van der Waals surface area contributed by atoms with Crippen molar-refractivity contribution < 1.29 is 4.79 Å². The maximum Gasteiger partial charge on any atom is 0.272 e. The Balaban J connectivity index is 2.36. The molecule has 2 aromatic rings. The minimum absolute atomic E-state index is 0.0299. The number of carbonyl (C=O) groups is 1. The highest BCUT2D eigenvalue weighted by atomic mass is 16.2. The highest BCUT2D eigenvalue weighted by Crippen LogP contribution is 2.17. The van der Waals surface area contributed by atoms with Gasteiger partial charge in [-0.05, 0) is 57.4 Å². The lowest BCUT2D eigenvalue weighted by Crippen LogP contribution is -2.34. The molecule has 0 saturated carbocycles. The molecule has 124 valence electrons. The summed E-state index contributed by atoms with van der Waals surface area (Å²) in [6.45, 7) is 10.1. The molecule has 0 spiro atoms. The average Bonchev–Trinajstić information content (AvgIpc) is 2.50. The first-order valence-electron chi connectivity index (χ1n) is 8.11. The number of nitrogens with zero attached hydrogens (tertiary/aromatic N) is 2. The fourth-order valence-electron chi connectivity index (χ4n) is 2.51. The standard InChI is InChI=1S/C18H25N3O2/c1-6-13(4)19-17(22)7-8-21-16-10-12(3)11(2)9-15(16)20-14(5)18(21)23/h9-10,13H,6-8H2,1-5H3,(H,19,22). The molecule has 0 aliphatic heterocycles. The van der Waals surface area contributed by atoms with E-state index in [9.17, 15) is 9.59 Å². The number of amides is 1. The van der Waals surface area contributed by atoms with Gasteiger partial charge < -0.3 is 9.88 Å². The fourth-order valence-corrected chi connectivity index (χ4v) is 2.51. The molecule has 1 amide bonds. The zero-order valence-electron chi connectivity index (χ0n) is 14.6. The maximum atomic E-state index is 12.4. The molecule has 0 fully saturated rings. The molecule has 1 aromatic heterocycles. The number of carbonyl (C=O) groups excluding carboxylic acids is 1. The van der Waals surface area contributed by atoms with Gasteiger partial charge in [0, 0.05) is 19.0 Å². The number of hydrogen-bond donors (Lipinski definition) is 1. The lowest BCUT2D eigenvalue weighted by Gasteiger charge is -2.14. The second-order valence-electron chi connectivity index (χ2n) is 6.21. The number of fused-ring (bicyclic) bond motifs is 1. The van der Waals surface area contributed by atoms with Crippen LogP contribution in [0.25, 0.3) is 11.0 Å². The largest absolute Gasteiger partial charge is 0.354 e. The Kier molecular flexibility index (Phi) is 5.19. The molecule has 1 atom stereocenters. The molecule has 23 heavy (non-hydrogen) atoms. The first-order valence-corrected chi connectivity index (χ1v) is 8.11. The van der Waals surface area contributed by atoms with E-state index in [1.54, 1.807) is 11.5 Å². The zero-order chi connectivity index (χ0) is 17.1. The van der Waals surface area contributed by atoms with Crippen molar-refractivity contribution in [3.8, 4) is 0 Å². The van der Waals surface area contributed by atoms with E-state index < -0.39 is 0 Å². The predicted molar refractivity (Wildman–Crippen MR) is 92.7 cm³/mol. The van der Waals surface area contributed by atoms with Gasteiger partial charge in [0.05, 0.1) is 11.0 Å². The topological polar surface area (TPSA) is 64.0 Å². The van der Waals surface area contributed by atoms with Gasteiger partial charge in [0.1, 0.15) is 5.69 Å². The maximum absolute atomic E-state index is 12.4. The Bertz CT molecular complexity index is 793. The molecule has 0 radical (unpaired) electrons. The van der Waals surface area contributed by atoms with Gasteiger partial charge in [-0.25, -0.2) is 4.98 Å². The van der Waals surface area contributed by atoms with Crippen molar-refractivity contribution in [2.24, 2.45) is 0 Å². The van der Waals surface area contributed by atoms with Gasteiger partial charge in [0.2, 0.25) is 5.91 Å². The molecule has 1 aromatic carbocycles. The van der Waals surface area contributed by atoms with Crippen LogP contribution in [0.5, 0.6) is 0 Å². The van der Waals surface area contributed by atoms with E-state index in [4.69, 9.17) is 0 Å². The van der Waals surface area contributed by atoms with E-state index in [1.165, 1.54) is 0 Å². The van der Waals surface area contributed by atoms with Crippen molar-refractivity contribution in [2.75, 3.05) is 0 Å². The van der Waals surface area contributed by atoms with Crippen LogP contribution in [0.1, 0.15) is 43.5 Å². The summed E-state index contributed by atoms with van der Waals surface area (Å²) in [5.74, 6) is -0.0299. The Morgan fingerprint density at radius 2 is 1.91 bits per heavy atom. The summed E-state index contributed by atoms with van der Waals surface area (Å²) in [6.07, 6.45) is 1.18. The predicted octanol–water partition coefficient (Wildman–Crippen LogP) is 2.63. The first kappa shape index (κ1) is 17.2. The van der Waals surface area contributed by atoms with Crippen molar-refractivity contribution in [1.82, 2.24) is 14.9 Å². The van der Waals surface area contributed by atoms with Crippen LogP contribution in [0.15, 0.2) is 16.9 Å². The number of nitrogens with one attached hydrogen (secondary N) is 1. The summed E-state index contributed by atoms with van der Waals surface area (Å²) in [5, 5.41) is 2.93. The van der Waals surface area contributed by atoms with Gasteiger partial charge in [0.25, 0.3) is 5.56 Å². The van der Waals surface area contributed by atoms with Crippen LogP contribution in [-0.2, 0) is 11.3 Å². The molecule has 0 aliphatic carbocycles. The number of aromatic nitrogens is 2. The van der Waals surface area contributed by atoms with Crippen LogP contribution in [0.2, 0.25) is 0 Å². The number of hydrogen-bond acceptors (Lipinski definition) is 3. The van der Waals surface area contributed by atoms with E-state index in [-0.39, 0.29) is 23.9 Å². The van der Waals surface area contributed by atoms with E-state index in [0.717, 1.165) is 28.6 Å². The summed E-state index contributed by atoms with van der Waals surface area (Å²) in [7, 11) is 0. The monoisotopic (exact) mass is 315 g/mol. The molecule has 1 unspecified atom stereocenters. The molecule has 5 nitrogen and oxygen atoms in total. The molecule has 2 rings (SSSR count). The SMILES string of the molecule is CCC(C)NC(=O)CCn1c(=O)c(C)nc2cc(C)c(C)cc21. The van der Waals surface area contributed by atoms with E-state index in [1.807, 2.05) is 39.8 Å². The first-order chi connectivity index (χ1) is 10.8. The highest BCUT2D eigenvalue weighted by molar-refractivity contribution is 5.78. The Morgan fingerprint density at radius 3 is 2.57 bits per heavy atom. The summed E-state index contributed by atoms with van der Waals surface area (Å²) in [5.41, 5.74) is 4.18. The van der Waals surface area contributed by atoms with Crippen molar-refractivity contribution >= 4 is 16.9 Å². The molecule has 0 saturated heterocycles. The minimum Gasteiger partial charge on any atom is -0.354 e. The van der Waals surface area contributed by atoms with E-state index in [0.29, 0.717) is 12.2 Å². The van der Waals surface area contributed by atoms with Gasteiger partial charge in [-0.2, -0.15) is 0 Å². The van der Waals surface area contributed by atoms with Gasteiger partial charge in [0.15, 0.2) is 0 Å². The van der Waals surface area contributed by atoms with Crippen molar-refractivity contribution in [2.45, 2.75) is 60.0 Å². The van der Waals surface area contributed by atoms with E-state index >= 15 is 0 Å². The molecular weight excluding hydrogens is 290 g/mol. The summed E-state index contributed by atoms with van der Waals surface area (Å²) < 4.78 is 1.67. The van der Waals surface area contributed by atoms with Gasteiger partial charge in [-0.1, -0.05) is 6.92 Å². The third-order valence-electron chi connectivity index (χ3n) is 4.31. The second-order valence-corrected chi connectivity index (χ2v) is 6.21. The van der Waals surface area contributed by atoms with Crippen LogP contribution in [0.3, 0.4) is 0 Å². The second kappa shape index (κ2) is 6.94. The van der Waals surface area contributed by atoms with Crippen LogP contribution in [0.4, 0.5) is 0 Å². The number of rotatable bonds is 5. The lowest BCUT2D eigenvalue weighted by molar-refractivity contribution is -0.121. The van der Waals surface area contributed by atoms with Crippen LogP contribution < -0.4 is 10.9 Å². The van der Waals surface area contributed by atoms with Crippen molar-refractivity contribution in [1.29, 1.82) is 0 Å². The molecule has 1 heterocycles. The normalized spacial score (nSPS) is 12.4. The third-order valence-corrected chi connectivity index (χ3v) is 4.31. The van der Waals surface area contributed by atoms with Crippen LogP contribution in [0, 0.1) is 20.8 Å². The van der Waals surface area contributed by atoms with Crippen LogP contribution >= 0.6 is 0 Å². The van der Waals surface area contributed by atoms with E-state index in [2.05, 4.69) is 10.3 Å².